The molecule has 23 heavy (non-hydrogen) atoms. The molecule has 0 radical (unpaired) electrons. The van der Waals surface area contributed by atoms with E-state index in [9.17, 15) is 13.2 Å². The number of thiazole rings is 1. The summed E-state index contributed by atoms with van der Waals surface area (Å²) in [5.74, 6) is 0.514. The Bertz CT molecular complexity index is 898. The first-order chi connectivity index (χ1) is 10.8. The van der Waals surface area contributed by atoms with Gasteiger partial charge < -0.3 is 4.74 Å². The molecular formula is C14H7ClF3IN2OS. The SMILES string of the molecule is COc1cc2c(I)cc(-c3nc(C(F)(F)F)cs3)nc2cc1Cl. The summed E-state index contributed by atoms with van der Waals surface area (Å²) in [6.45, 7) is 0. The van der Waals surface area contributed by atoms with Gasteiger partial charge in [0.15, 0.2) is 5.69 Å². The summed E-state index contributed by atoms with van der Waals surface area (Å²) < 4.78 is 44.0. The molecule has 0 amide bonds. The number of halogens is 5. The highest BCUT2D eigenvalue weighted by molar-refractivity contribution is 14.1. The lowest BCUT2D eigenvalue weighted by Gasteiger charge is -2.08. The number of benzene rings is 1. The maximum Gasteiger partial charge on any atom is 0.434 e. The van der Waals surface area contributed by atoms with Gasteiger partial charge in [-0.25, -0.2) is 9.97 Å². The molecule has 0 unspecified atom stereocenters. The highest BCUT2D eigenvalue weighted by Gasteiger charge is 2.34. The lowest BCUT2D eigenvalue weighted by atomic mass is 10.2. The molecule has 2 heterocycles. The van der Waals surface area contributed by atoms with E-state index in [2.05, 4.69) is 32.6 Å². The van der Waals surface area contributed by atoms with E-state index in [1.165, 1.54) is 7.11 Å². The van der Waals surface area contributed by atoms with Gasteiger partial charge in [-0.2, -0.15) is 13.2 Å². The largest absolute Gasteiger partial charge is 0.495 e. The summed E-state index contributed by atoms with van der Waals surface area (Å²) in [5.41, 5.74) is 0.0345. The van der Waals surface area contributed by atoms with Gasteiger partial charge in [-0.15, -0.1) is 11.3 Å². The Morgan fingerprint density at radius 2 is 1.96 bits per heavy atom. The monoisotopic (exact) mass is 470 g/mol. The summed E-state index contributed by atoms with van der Waals surface area (Å²) in [5, 5.41) is 2.39. The Labute approximate surface area is 151 Å². The lowest BCUT2D eigenvalue weighted by molar-refractivity contribution is -0.140. The van der Waals surface area contributed by atoms with E-state index < -0.39 is 11.9 Å². The second kappa shape index (κ2) is 6.06. The Morgan fingerprint density at radius 3 is 2.57 bits per heavy atom. The lowest BCUT2D eigenvalue weighted by Crippen LogP contribution is -2.04. The first-order valence-corrected chi connectivity index (χ1v) is 8.50. The van der Waals surface area contributed by atoms with Gasteiger partial charge in [0.2, 0.25) is 0 Å². The third-order valence-corrected chi connectivity index (χ3v) is 5.10. The van der Waals surface area contributed by atoms with Crippen molar-refractivity contribution in [2.75, 3.05) is 7.11 Å². The quantitative estimate of drug-likeness (QED) is 0.455. The van der Waals surface area contributed by atoms with E-state index in [1.807, 2.05) is 0 Å². The first kappa shape index (κ1) is 16.7. The van der Waals surface area contributed by atoms with Gasteiger partial charge in [0.1, 0.15) is 16.5 Å². The highest BCUT2D eigenvalue weighted by Crippen LogP contribution is 2.36. The van der Waals surface area contributed by atoms with E-state index in [0.717, 1.165) is 25.7 Å². The van der Waals surface area contributed by atoms with Crippen molar-refractivity contribution in [2.45, 2.75) is 6.18 Å². The Kier molecular flexibility index (Phi) is 4.41. The van der Waals surface area contributed by atoms with Crippen LogP contribution in [0.1, 0.15) is 5.69 Å². The smallest absolute Gasteiger partial charge is 0.434 e. The highest BCUT2D eigenvalue weighted by atomic mass is 127. The van der Waals surface area contributed by atoms with Crippen LogP contribution in [0.5, 0.6) is 5.75 Å². The number of pyridine rings is 1. The summed E-state index contributed by atoms with van der Waals surface area (Å²) in [6, 6.07) is 5.06. The van der Waals surface area contributed by atoms with Crippen LogP contribution in [0, 0.1) is 3.57 Å². The third-order valence-electron chi connectivity index (χ3n) is 3.05. The zero-order valence-corrected chi connectivity index (χ0v) is 15.1. The average molecular weight is 471 g/mol. The number of ether oxygens (including phenoxy) is 1. The standard InChI is InChI=1S/C14H7ClF3IN2OS/c1-22-11-2-6-8(19)4-10(20-9(6)3-7(11)15)13-21-12(5-23-13)14(16,17)18/h2-5H,1H3. The normalized spacial score (nSPS) is 11.9. The van der Waals surface area contributed by atoms with Crippen molar-refractivity contribution in [3.8, 4) is 16.5 Å². The molecule has 0 bridgehead atoms. The molecule has 1 aromatic carbocycles. The summed E-state index contributed by atoms with van der Waals surface area (Å²) in [6.07, 6.45) is -4.46. The minimum atomic E-state index is -4.46. The van der Waals surface area contributed by atoms with E-state index in [1.54, 1.807) is 18.2 Å². The minimum absolute atomic E-state index is 0.212. The molecule has 0 atom stereocenters. The van der Waals surface area contributed by atoms with Crippen LogP contribution in [0.3, 0.4) is 0 Å². The maximum atomic E-state index is 12.7. The van der Waals surface area contributed by atoms with Crippen LogP contribution in [0.2, 0.25) is 5.02 Å². The van der Waals surface area contributed by atoms with Gasteiger partial charge in [-0.3, -0.25) is 0 Å². The molecular weight excluding hydrogens is 464 g/mol. The van der Waals surface area contributed by atoms with Gasteiger partial charge in [0, 0.05) is 14.3 Å². The van der Waals surface area contributed by atoms with Crippen LogP contribution in [0.25, 0.3) is 21.6 Å². The fourth-order valence-corrected chi connectivity index (χ4v) is 3.72. The molecule has 3 rings (SSSR count). The molecule has 3 nitrogen and oxygen atoms in total. The molecule has 0 aliphatic rings. The van der Waals surface area contributed by atoms with Gasteiger partial charge in [0.25, 0.3) is 0 Å². The molecule has 0 fully saturated rings. The van der Waals surface area contributed by atoms with Crippen molar-refractivity contribution >= 4 is 56.4 Å². The Morgan fingerprint density at radius 1 is 1.22 bits per heavy atom. The van der Waals surface area contributed by atoms with Gasteiger partial charge >= 0.3 is 6.18 Å². The van der Waals surface area contributed by atoms with E-state index in [0.29, 0.717) is 22.0 Å². The summed E-state index contributed by atoms with van der Waals surface area (Å²) >= 11 is 9.09. The molecule has 0 aliphatic carbocycles. The number of hydrogen-bond donors (Lipinski definition) is 0. The second-order valence-electron chi connectivity index (χ2n) is 4.53. The second-order valence-corrected chi connectivity index (χ2v) is 6.96. The zero-order chi connectivity index (χ0) is 16.8. The summed E-state index contributed by atoms with van der Waals surface area (Å²) in [4.78, 5) is 8.00. The van der Waals surface area contributed by atoms with Crippen LogP contribution < -0.4 is 4.74 Å². The minimum Gasteiger partial charge on any atom is -0.495 e. The predicted octanol–water partition coefficient (Wildman–Crippen LogP) is 5.64. The molecule has 0 saturated heterocycles. The van der Waals surface area contributed by atoms with Crippen molar-refractivity contribution in [1.29, 1.82) is 0 Å². The molecule has 0 aliphatic heterocycles. The molecule has 120 valence electrons. The van der Waals surface area contributed by atoms with E-state index in [-0.39, 0.29) is 5.01 Å². The number of rotatable bonds is 2. The molecule has 0 N–H and O–H groups in total. The van der Waals surface area contributed by atoms with Crippen LogP contribution in [-0.2, 0) is 6.18 Å². The fourth-order valence-electron chi connectivity index (χ4n) is 1.97. The molecule has 9 heteroatoms. The van der Waals surface area contributed by atoms with Crippen LogP contribution >= 0.6 is 45.5 Å². The zero-order valence-electron chi connectivity index (χ0n) is 11.4. The number of aromatic nitrogens is 2. The number of fused-ring (bicyclic) bond motifs is 1. The van der Waals surface area contributed by atoms with E-state index >= 15 is 0 Å². The molecule has 0 saturated carbocycles. The van der Waals surface area contributed by atoms with Crippen LogP contribution in [-0.4, -0.2) is 17.1 Å². The predicted molar refractivity (Wildman–Crippen MR) is 92.1 cm³/mol. The third kappa shape index (κ3) is 3.24. The van der Waals surface area contributed by atoms with Crippen molar-refractivity contribution in [3.63, 3.8) is 0 Å². The van der Waals surface area contributed by atoms with Crippen molar-refractivity contribution < 1.29 is 17.9 Å². The van der Waals surface area contributed by atoms with Crippen LogP contribution in [0.4, 0.5) is 13.2 Å². The molecule has 0 spiro atoms. The summed E-state index contributed by atoms with van der Waals surface area (Å²) in [7, 11) is 1.51. The Balaban J connectivity index is 2.14. The van der Waals surface area contributed by atoms with Crippen molar-refractivity contribution in [1.82, 2.24) is 9.97 Å². The van der Waals surface area contributed by atoms with Gasteiger partial charge in [-0.1, -0.05) is 11.6 Å². The molecule has 2 aromatic heterocycles. The fraction of sp³-hybridized carbons (Fsp3) is 0.143. The number of hydrogen-bond acceptors (Lipinski definition) is 4. The topological polar surface area (TPSA) is 35.0 Å². The van der Waals surface area contributed by atoms with Gasteiger partial charge in [0.05, 0.1) is 17.6 Å². The van der Waals surface area contributed by atoms with E-state index in [4.69, 9.17) is 16.3 Å². The molecule has 3 aromatic rings. The van der Waals surface area contributed by atoms with Crippen molar-refractivity contribution in [2.24, 2.45) is 0 Å². The number of methoxy groups -OCH3 is 1. The van der Waals surface area contributed by atoms with Crippen LogP contribution in [0.15, 0.2) is 23.6 Å². The maximum absolute atomic E-state index is 12.7. The first-order valence-electron chi connectivity index (χ1n) is 6.16. The number of alkyl halides is 3. The van der Waals surface area contributed by atoms with Gasteiger partial charge in [-0.05, 0) is 40.8 Å². The van der Waals surface area contributed by atoms with Crippen molar-refractivity contribution in [3.05, 3.63) is 37.9 Å². The number of nitrogens with zero attached hydrogens (tertiary/aromatic N) is 2. The average Bonchev–Trinajstić information content (AvgIpc) is 2.96. The Hall–Kier alpha value is -1.13.